The molecule has 0 aliphatic carbocycles. The SMILES string of the molecule is Cc1ccc(/C=C/C(=O)NCCCN2C(=O)COc3ccccc32)o1. The molecule has 25 heavy (non-hydrogen) atoms. The van der Waals surface area contributed by atoms with Crippen molar-refractivity contribution in [1.29, 1.82) is 0 Å². The van der Waals surface area contributed by atoms with Crippen molar-refractivity contribution in [2.24, 2.45) is 0 Å². The Morgan fingerprint density at radius 1 is 1.28 bits per heavy atom. The maximum atomic E-state index is 12.0. The van der Waals surface area contributed by atoms with Crippen LogP contribution in [0.4, 0.5) is 5.69 Å². The van der Waals surface area contributed by atoms with Gasteiger partial charge in [-0.15, -0.1) is 0 Å². The molecule has 0 unspecified atom stereocenters. The zero-order valence-electron chi connectivity index (χ0n) is 14.0. The number of aryl methyl sites for hydroxylation is 1. The minimum atomic E-state index is -0.192. The number of para-hydroxylation sites is 2. The van der Waals surface area contributed by atoms with Crippen molar-refractivity contribution in [2.45, 2.75) is 13.3 Å². The van der Waals surface area contributed by atoms with Crippen molar-refractivity contribution >= 4 is 23.6 Å². The molecule has 0 spiro atoms. The fraction of sp³-hybridized carbons (Fsp3) is 0.263. The van der Waals surface area contributed by atoms with Crippen LogP contribution in [0.3, 0.4) is 0 Å². The van der Waals surface area contributed by atoms with E-state index in [1.807, 2.05) is 37.3 Å². The van der Waals surface area contributed by atoms with Gasteiger partial charge in [-0.25, -0.2) is 0 Å². The Bertz CT molecular complexity index is 794. The lowest BCUT2D eigenvalue weighted by atomic mass is 10.2. The van der Waals surface area contributed by atoms with Crippen LogP contribution in [0.1, 0.15) is 17.9 Å². The van der Waals surface area contributed by atoms with E-state index in [4.69, 9.17) is 9.15 Å². The van der Waals surface area contributed by atoms with Gasteiger partial charge in [0.15, 0.2) is 6.61 Å². The number of carbonyl (C=O) groups excluding carboxylic acids is 2. The predicted octanol–water partition coefficient (Wildman–Crippen LogP) is 2.53. The molecule has 0 saturated heterocycles. The molecule has 1 N–H and O–H groups in total. The van der Waals surface area contributed by atoms with Gasteiger partial charge in [0.25, 0.3) is 5.91 Å². The summed E-state index contributed by atoms with van der Waals surface area (Å²) in [5.74, 6) is 1.89. The zero-order chi connectivity index (χ0) is 17.6. The van der Waals surface area contributed by atoms with Gasteiger partial charge < -0.3 is 19.4 Å². The Labute approximate surface area is 146 Å². The highest BCUT2D eigenvalue weighted by Gasteiger charge is 2.24. The molecule has 1 aliphatic heterocycles. The Balaban J connectivity index is 1.46. The number of nitrogens with one attached hydrogen (secondary N) is 1. The molecule has 6 nitrogen and oxygen atoms in total. The highest BCUT2D eigenvalue weighted by atomic mass is 16.5. The van der Waals surface area contributed by atoms with Gasteiger partial charge in [-0.3, -0.25) is 9.59 Å². The zero-order valence-corrected chi connectivity index (χ0v) is 14.0. The molecule has 3 rings (SSSR count). The monoisotopic (exact) mass is 340 g/mol. The van der Waals surface area contributed by atoms with Crippen LogP contribution in [0.2, 0.25) is 0 Å². The Morgan fingerprint density at radius 3 is 2.92 bits per heavy atom. The van der Waals surface area contributed by atoms with E-state index in [1.165, 1.54) is 6.08 Å². The Morgan fingerprint density at radius 2 is 2.12 bits per heavy atom. The molecule has 0 radical (unpaired) electrons. The third-order valence-corrected chi connectivity index (χ3v) is 3.83. The van der Waals surface area contributed by atoms with Gasteiger partial charge in [0, 0.05) is 19.2 Å². The first kappa shape index (κ1) is 16.8. The number of nitrogens with zero attached hydrogens (tertiary/aromatic N) is 1. The summed E-state index contributed by atoms with van der Waals surface area (Å²) in [6, 6.07) is 11.1. The van der Waals surface area contributed by atoms with Gasteiger partial charge in [-0.2, -0.15) is 0 Å². The first-order valence-corrected chi connectivity index (χ1v) is 8.18. The largest absolute Gasteiger partial charge is 0.482 e. The van der Waals surface area contributed by atoms with Gasteiger partial charge in [-0.1, -0.05) is 12.1 Å². The summed E-state index contributed by atoms with van der Waals surface area (Å²) in [5.41, 5.74) is 0.776. The molecule has 130 valence electrons. The van der Waals surface area contributed by atoms with Gasteiger partial charge in [0.05, 0.1) is 5.69 Å². The number of benzene rings is 1. The van der Waals surface area contributed by atoms with Crippen molar-refractivity contribution in [3.05, 3.63) is 54.0 Å². The molecule has 6 heteroatoms. The van der Waals surface area contributed by atoms with E-state index in [0.29, 0.717) is 31.0 Å². The number of furan rings is 1. The summed E-state index contributed by atoms with van der Waals surface area (Å²) in [4.78, 5) is 25.5. The van der Waals surface area contributed by atoms with E-state index in [-0.39, 0.29) is 18.4 Å². The van der Waals surface area contributed by atoms with Crippen molar-refractivity contribution < 1.29 is 18.7 Å². The molecule has 2 aromatic rings. The average molecular weight is 340 g/mol. The highest BCUT2D eigenvalue weighted by Crippen LogP contribution is 2.31. The molecule has 1 aromatic carbocycles. The normalized spacial score (nSPS) is 13.6. The Hall–Kier alpha value is -3.02. The van der Waals surface area contributed by atoms with E-state index in [0.717, 1.165) is 11.4 Å². The number of amides is 2. The van der Waals surface area contributed by atoms with Crippen molar-refractivity contribution in [3.63, 3.8) is 0 Å². The van der Waals surface area contributed by atoms with Gasteiger partial charge in [0.1, 0.15) is 17.3 Å². The first-order valence-electron chi connectivity index (χ1n) is 8.18. The molecule has 0 bridgehead atoms. The summed E-state index contributed by atoms with van der Waals surface area (Å²) in [6.07, 6.45) is 3.72. The van der Waals surface area contributed by atoms with E-state index in [2.05, 4.69) is 5.32 Å². The van der Waals surface area contributed by atoms with E-state index < -0.39 is 0 Å². The minimum absolute atomic E-state index is 0.0503. The summed E-state index contributed by atoms with van der Waals surface area (Å²) in [7, 11) is 0. The van der Waals surface area contributed by atoms with E-state index >= 15 is 0 Å². The number of hydrogen-bond acceptors (Lipinski definition) is 4. The average Bonchev–Trinajstić information content (AvgIpc) is 3.04. The lowest BCUT2D eigenvalue weighted by molar-refractivity contribution is -0.121. The van der Waals surface area contributed by atoms with Crippen LogP contribution < -0.4 is 15.0 Å². The van der Waals surface area contributed by atoms with Crippen LogP contribution in [0, 0.1) is 6.92 Å². The molecule has 2 heterocycles. The summed E-state index contributed by atoms with van der Waals surface area (Å²) >= 11 is 0. The molecule has 0 atom stereocenters. The topological polar surface area (TPSA) is 71.8 Å². The van der Waals surface area contributed by atoms with Crippen LogP contribution in [-0.4, -0.2) is 31.5 Å². The lowest BCUT2D eigenvalue weighted by Gasteiger charge is -2.29. The molecule has 2 amide bonds. The number of carbonyl (C=O) groups is 2. The number of fused-ring (bicyclic) bond motifs is 1. The summed E-state index contributed by atoms with van der Waals surface area (Å²) < 4.78 is 10.8. The highest BCUT2D eigenvalue weighted by molar-refractivity contribution is 5.97. The third kappa shape index (κ3) is 4.29. The van der Waals surface area contributed by atoms with Crippen molar-refractivity contribution in [3.8, 4) is 5.75 Å². The fourth-order valence-electron chi connectivity index (χ4n) is 2.61. The molecular formula is C19H20N2O4. The van der Waals surface area contributed by atoms with Gasteiger partial charge in [0.2, 0.25) is 5.91 Å². The maximum absolute atomic E-state index is 12.0. The van der Waals surface area contributed by atoms with E-state index in [9.17, 15) is 9.59 Å². The predicted molar refractivity (Wildman–Crippen MR) is 94.4 cm³/mol. The molecule has 1 aliphatic rings. The molecule has 1 aromatic heterocycles. The number of anilines is 1. The van der Waals surface area contributed by atoms with Crippen LogP contribution in [0.5, 0.6) is 5.75 Å². The van der Waals surface area contributed by atoms with E-state index in [1.54, 1.807) is 17.0 Å². The Kier molecular flexibility index (Phi) is 5.18. The summed E-state index contributed by atoms with van der Waals surface area (Å²) in [6.45, 7) is 2.91. The number of ether oxygens (including phenoxy) is 1. The van der Waals surface area contributed by atoms with Gasteiger partial charge >= 0.3 is 0 Å². The second kappa shape index (κ2) is 7.70. The first-order chi connectivity index (χ1) is 12.1. The second-order valence-electron chi connectivity index (χ2n) is 5.73. The lowest BCUT2D eigenvalue weighted by Crippen LogP contribution is -2.40. The number of rotatable bonds is 6. The minimum Gasteiger partial charge on any atom is -0.482 e. The van der Waals surface area contributed by atoms with Crippen LogP contribution in [0.25, 0.3) is 6.08 Å². The van der Waals surface area contributed by atoms with Crippen LogP contribution in [-0.2, 0) is 9.59 Å². The quantitative estimate of drug-likeness (QED) is 0.648. The smallest absolute Gasteiger partial charge is 0.265 e. The second-order valence-corrected chi connectivity index (χ2v) is 5.73. The van der Waals surface area contributed by atoms with Crippen LogP contribution in [0.15, 0.2) is 46.9 Å². The molecule has 0 saturated carbocycles. The summed E-state index contributed by atoms with van der Waals surface area (Å²) in [5, 5.41) is 2.80. The maximum Gasteiger partial charge on any atom is 0.265 e. The van der Waals surface area contributed by atoms with Crippen molar-refractivity contribution in [1.82, 2.24) is 5.32 Å². The van der Waals surface area contributed by atoms with Crippen LogP contribution >= 0.6 is 0 Å². The van der Waals surface area contributed by atoms with Crippen molar-refractivity contribution in [2.75, 3.05) is 24.6 Å². The molecular weight excluding hydrogens is 320 g/mol. The standard InChI is InChI=1S/C19H20N2O4/c1-14-7-8-15(25-14)9-10-18(22)20-11-4-12-21-16-5-2-3-6-17(16)24-13-19(21)23/h2-3,5-10H,4,11-13H2,1H3,(H,20,22)/b10-9+. The third-order valence-electron chi connectivity index (χ3n) is 3.83. The fourth-order valence-corrected chi connectivity index (χ4v) is 2.61. The number of hydrogen-bond donors (Lipinski definition) is 1. The van der Waals surface area contributed by atoms with Gasteiger partial charge in [-0.05, 0) is 43.7 Å². The molecule has 0 fully saturated rings.